The highest BCUT2D eigenvalue weighted by atomic mass is 16.5. The molecule has 0 aliphatic heterocycles. The van der Waals surface area contributed by atoms with Crippen molar-refractivity contribution in [2.45, 2.75) is 58.8 Å². The fourth-order valence-electron chi connectivity index (χ4n) is 6.07. The van der Waals surface area contributed by atoms with Crippen LogP contribution in [0.1, 0.15) is 64.4 Å². The van der Waals surface area contributed by atoms with Crippen LogP contribution in [0.5, 0.6) is 11.5 Å². The third kappa shape index (κ3) is 3.99. The minimum absolute atomic E-state index is 0.0603. The van der Waals surface area contributed by atoms with E-state index in [1.54, 1.807) is 7.11 Å². The number of hydrogen-bond donors (Lipinski definition) is 0. The molecule has 3 nitrogen and oxygen atoms in total. The summed E-state index contributed by atoms with van der Waals surface area (Å²) in [5, 5.41) is 0. The van der Waals surface area contributed by atoms with Crippen LogP contribution in [0, 0.1) is 29.1 Å². The molecule has 3 heteroatoms. The van der Waals surface area contributed by atoms with Gasteiger partial charge >= 0.3 is 0 Å². The van der Waals surface area contributed by atoms with Crippen molar-refractivity contribution in [3.05, 3.63) is 29.8 Å². The molecular formula is C25H34O3. The molecule has 4 saturated carbocycles. The van der Waals surface area contributed by atoms with Crippen LogP contribution < -0.4 is 9.47 Å². The zero-order valence-electron chi connectivity index (χ0n) is 17.6. The second-order valence-electron chi connectivity index (χ2n) is 9.84. The van der Waals surface area contributed by atoms with Crippen molar-refractivity contribution in [2.75, 3.05) is 13.7 Å². The number of ketones is 1. The van der Waals surface area contributed by atoms with E-state index < -0.39 is 0 Å². The Kier molecular flexibility index (Phi) is 5.53. The van der Waals surface area contributed by atoms with E-state index >= 15 is 0 Å². The predicted octanol–water partition coefficient (Wildman–Crippen LogP) is 5.92. The largest absolute Gasteiger partial charge is 0.493 e. The van der Waals surface area contributed by atoms with E-state index in [0.717, 1.165) is 60.5 Å². The summed E-state index contributed by atoms with van der Waals surface area (Å²) in [7, 11) is 1.67. The summed E-state index contributed by atoms with van der Waals surface area (Å²) in [4.78, 5) is 13.2. The highest BCUT2D eigenvalue weighted by molar-refractivity contribution is 5.98. The van der Waals surface area contributed by atoms with Crippen LogP contribution in [0.15, 0.2) is 24.3 Å². The molecule has 0 spiro atoms. The highest BCUT2D eigenvalue weighted by Crippen LogP contribution is 2.60. The Morgan fingerprint density at radius 3 is 2.32 bits per heavy atom. The summed E-state index contributed by atoms with van der Waals surface area (Å²) in [6.45, 7) is 5.07. The minimum atomic E-state index is -0.0603. The molecule has 0 amide bonds. The summed E-state index contributed by atoms with van der Waals surface area (Å²) in [5.41, 5.74) is 0.932. The number of allylic oxidation sites excluding steroid dienone is 1. The average Bonchev–Trinajstić information content (AvgIpc) is 2.65. The Balaban J connectivity index is 1.43. The zero-order chi connectivity index (χ0) is 19.7. The molecular weight excluding hydrogens is 348 g/mol. The van der Waals surface area contributed by atoms with Gasteiger partial charge in [-0.2, -0.15) is 0 Å². The first-order valence-electron chi connectivity index (χ1n) is 11.0. The van der Waals surface area contributed by atoms with Crippen LogP contribution >= 0.6 is 0 Å². The van der Waals surface area contributed by atoms with Crippen molar-refractivity contribution in [1.29, 1.82) is 0 Å². The van der Waals surface area contributed by atoms with Crippen LogP contribution in [-0.2, 0) is 4.79 Å². The van der Waals surface area contributed by atoms with Gasteiger partial charge in [-0.1, -0.05) is 26.0 Å². The highest BCUT2D eigenvalue weighted by Gasteiger charge is 2.53. The summed E-state index contributed by atoms with van der Waals surface area (Å²) < 4.78 is 11.4. The van der Waals surface area contributed by atoms with Crippen molar-refractivity contribution < 1.29 is 14.3 Å². The third-order valence-electron chi connectivity index (χ3n) is 7.13. The van der Waals surface area contributed by atoms with Gasteiger partial charge in [0.15, 0.2) is 17.3 Å². The Morgan fingerprint density at radius 2 is 1.75 bits per heavy atom. The van der Waals surface area contributed by atoms with Crippen LogP contribution in [0.3, 0.4) is 0 Å². The van der Waals surface area contributed by atoms with Crippen molar-refractivity contribution in [1.82, 2.24) is 0 Å². The summed E-state index contributed by atoms with van der Waals surface area (Å²) >= 11 is 0. The number of ether oxygens (including phenoxy) is 2. The molecule has 4 aliphatic rings. The van der Waals surface area contributed by atoms with Gasteiger partial charge in [0.05, 0.1) is 13.7 Å². The normalized spacial score (nSPS) is 30.9. The Labute approximate surface area is 169 Å². The summed E-state index contributed by atoms with van der Waals surface area (Å²) in [5.74, 6) is 4.86. The van der Waals surface area contributed by atoms with Crippen molar-refractivity contribution >= 4 is 11.9 Å². The number of benzene rings is 1. The van der Waals surface area contributed by atoms with E-state index in [2.05, 4.69) is 13.8 Å². The van der Waals surface area contributed by atoms with Gasteiger partial charge in [0, 0.05) is 5.41 Å². The molecule has 0 radical (unpaired) electrons. The SMILES string of the molecule is COc1cc(/C=C/C(=O)C23CC4CC(CC(C4)C2)C3)ccc1OCCC(C)C. The monoisotopic (exact) mass is 382 g/mol. The minimum Gasteiger partial charge on any atom is -0.493 e. The molecule has 1 aromatic rings. The number of hydrogen-bond acceptors (Lipinski definition) is 3. The lowest BCUT2D eigenvalue weighted by Gasteiger charge is -2.55. The summed E-state index contributed by atoms with van der Waals surface area (Å²) in [6, 6.07) is 5.93. The standard InChI is InChI=1S/C25H34O3/c1-17(2)8-9-28-22-6-4-18(13-23(22)27-3)5-7-24(26)25-14-19-10-20(15-25)12-21(11-19)16-25/h4-7,13,17,19-21H,8-12,14-16H2,1-3H3/b7-5+. The van der Waals surface area contributed by atoms with Crippen LogP contribution in [0.2, 0.25) is 0 Å². The molecule has 0 saturated heterocycles. The van der Waals surface area contributed by atoms with Gasteiger partial charge in [-0.15, -0.1) is 0 Å². The molecule has 0 unspecified atom stereocenters. The van der Waals surface area contributed by atoms with E-state index in [9.17, 15) is 4.79 Å². The first kappa shape index (κ1) is 19.5. The maximum absolute atomic E-state index is 13.2. The number of rotatable bonds is 8. The Hall–Kier alpha value is -1.77. The second kappa shape index (κ2) is 7.93. The molecule has 4 bridgehead atoms. The van der Waals surface area contributed by atoms with E-state index in [1.165, 1.54) is 19.3 Å². The maximum Gasteiger partial charge on any atom is 0.161 e. The van der Waals surface area contributed by atoms with E-state index in [-0.39, 0.29) is 5.41 Å². The first-order chi connectivity index (χ1) is 13.5. The molecule has 28 heavy (non-hydrogen) atoms. The second-order valence-corrected chi connectivity index (χ2v) is 9.84. The molecule has 4 aliphatic carbocycles. The quantitative estimate of drug-likeness (QED) is 0.524. The zero-order valence-corrected chi connectivity index (χ0v) is 17.6. The maximum atomic E-state index is 13.2. The Bertz CT molecular complexity index is 711. The lowest BCUT2D eigenvalue weighted by atomic mass is 9.48. The Morgan fingerprint density at radius 1 is 1.11 bits per heavy atom. The smallest absolute Gasteiger partial charge is 0.161 e. The number of carbonyl (C=O) groups excluding carboxylic acids is 1. The lowest BCUT2D eigenvalue weighted by Crippen LogP contribution is -2.49. The van der Waals surface area contributed by atoms with Gasteiger partial charge in [0.2, 0.25) is 0 Å². The molecule has 152 valence electrons. The lowest BCUT2D eigenvalue weighted by molar-refractivity contribution is -0.138. The predicted molar refractivity (Wildman–Crippen MR) is 113 cm³/mol. The van der Waals surface area contributed by atoms with E-state index in [1.807, 2.05) is 30.4 Å². The fraction of sp³-hybridized carbons (Fsp3) is 0.640. The molecule has 0 atom stereocenters. The molecule has 5 rings (SSSR count). The molecule has 0 N–H and O–H groups in total. The molecule has 0 aromatic heterocycles. The third-order valence-corrected chi connectivity index (χ3v) is 7.13. The first-order valence-corrected chi connectivity index (χ1v) is 11.0. The van der Waals surface area contributed by atoms with Crippen molar-refractivity contribution in [3.8, 4) is 11.5 Å². The molecule has 4 fully saturated rings. The number of methoxy groups -OCH3 is 1. The van der Waals surface area contributed by atoms with Gasteiger partial charge in [-0.3, -0.25) is 4.79 Å². The van der Waals surface area contributed by atoms with Crippen LogP contribution in [0.4, 0.5) is 0 Å². The van der Waals surface area contributed by atoms with Crippen LogP contribution in [-0.4, -0.2) is 19.5 Å². The van der Waals surface area contributed by atoms with Crippen molar-refractivity contribution in [2.24, 2.45) is 29.1 Å². The molecule has 1 aromatic carbocycles. The average molecular weight is 383 g/mol. The van der Waals surface area contributed by atoms with Gasteiger partial charge in [-0.25, -0.2) is 0 Å². The van der Waals surface area contributed by atoms with Crippen LogP contribution in [0.25, 0.3) is 6.08 Å². The van der Waals surface area contributed by atoms with E-state index in [0.29, 0.717) is 18.3 Å². The van der Waals surface area contributed by atoms with Gasteiger partial charge in [0.25, 0.3) is 0 Å². The molecule has 0 heterocycles. The number of carbonyl (C=O) groups is 1. The fourth-order valence-corrected chi connectivity index (χ4v) is 6.07. The van der Waals surface area contributed by atoms with E-state index in [4.69, 9.17) is 9.47 Å². The van der Waals surface area contributed by atoms with Gasteiger partial charge < -0.3 is 9.47 Å². The summed E-state index contributed by atoms with van der Waals surface area (Å²) in [6.07, 6.45) is 12.3. The van der Waals surface area contributed by atoms with Crippen molar-refractivity contribution in [3.63, 3.8) is 0 Å². The topological polar surface area (TPSA) is 35.5 Å². The van der Waals surface area contributed by atoms with Gasteiger partial charge in [-0.05, 0) is 92.4 Å². The van der Waals surface area contributed by atoms with Gasteiger partial charge in [0.1, 0.15) is 0 Å².